The van der Waals surface area contributed by atoms with Crippen molar-refractivity contribution in [2.75, 3.05) is 19.7 Å². The second-order valence-corrected chi connectivity index (χ2v) is 4.96. The second kappa shape index (κ2) is 10.6. The van der Waals surface area contributed by atoms with Crippen molar-refractivity contribution in [3.05, 3.63) is 30.2 Å². The molecule has 7 nitrogen and oxygen atoms in total. The summed E-state index contributed by atoms with van der Waals surface area (Å²) in [5, 5.41) is 6.73. The molecule has 0 atom stereocenters. The number of nitrogens with one attached hydrogen (secondary N) is 1. The van der Waals surface area contributed by atoms with Crippen LogP contribution in [0.5, 0.6) is 5.75 Å². The fourth-order valence-corrected chi connectivity index (χ4v) is 1.98. The molecule has 0 saturated carbocycles. The van der Waals surface area contributed by atoms with Gasteiger partial charge in [-0.2, -0.15) is 4.98 Å². The van der Waals surface area contributed by atoms with Crippen LogP contribution in [-0.2, 0) is 11.2 Å². The smallest absolute Gasteiger partial charge is 0.227 e. The van der Waals surface area contributed by atoms with E-state index >= 15 is 0 Å². The summed E-state index contributed by atoms with van der Waals surface area (Å²) in [4.78, 5) is 15.9. The molecule has 0 saturated heterocycles. The minimum Gasteiger partial charge on any atom is -0.494 e. The molecule has 24 heavy (non-hydrogen) atoms. The first-order chi connectivity index (χ1) is 11.2. The third-order valence-electron chi connectivity index (χ3n) is 3.16. The lowest BCUT2D eigenvalue weighted by molar-refractivity contribution is -0.121. The molecule has 1 amide bonds. The van der Waals surface area contributed by atoms with E-state index in [2.05, 4.69) is 15.5 Å². The van der Waals surface area contributed by atoms with Crippen molar-refractivity contribution in [1.82, 2.24) is 15.5 Å². The molecule has 0 bridgehead atoms. The van der Waals surface area contributed by atoms with Crippen LogP contribution in [0.2, 0.25) is 0 Å². The van der Waals surface area contributed by atoms with E-state index in [0.29, 0.717) is 44.3 Å². The number of amides is 1. The highest BCUT2D eigenvalue weighted by molar-refractivity contribution is 5.85. The molecule has 1 aromatic heterocycles. The highest BCUT2D eigenvalue weighted by Gasteiger charge is 2.10. The van der Waals surface area contributed by atoms with Gasteiger partial charge in [0.25, 0.3) is 0 Å². The van der Waals surface area contributed by atoms with Crippen LogP contribution < -0.4 is 15.8 Å². The Bertz CT molecular complexity index is 616. The lowest BCUT2D eigenvalue weighted by Gasteiger charge is -2.02. The molecule has 0 aliphatic rings. The van der Waals surface area contributed by atoms with E-state index in [1.165, 1.54) is 0 Å². The third kappa shape index (κ3) is 6.17. The second-order valence-electron chi connectivity index (χ2n) is 4.96. The molecule has 0 aliphatic heterocycles. The maximum absolute atomic E-state index is 11.6. The molecule has 2 rings (SSSR count). The number of ether oxygens (including phenoxy) is 1. The number of carbonyl (C=O) groups is 1. The van der Waals surface area contributed by atoms with Gasteiger partial charge in [0.15, 0.2) is 0 Å². The molecule has 0 radical (unpaired) electrons. The van der Waals surface area contributed by atoms with Gasteiger partial charge >= 0.3 is 0 Å². The summed E-state index contributed by atoms with van der Waals surface area (Å²) in [6.45, 7) is 3.72. The SMILES string of the molecule is CCOc1ccc(-c2noc(CCC(=O)NCCCN)n2)cc1.Cl. The van der Waals surface area contributed by atoms with E-state index in [-0.39, 0.29) is 18.3 Å². The van der Waals surface area contributed by atoms with Gasteiger partial charge in [-0.05, 0) is 44.2 Å². The summed E-state index contributed by atoms with van der Waals surface area (Å²) in [6, 6.07) is 7.47. The summed E-state index contributed by atoms with van der Waals surface area (Å²) in [6.07, 6.45) is 1.50. The van der Waals surface area contributed by atoms with Gasteiger partial charge in [0, 0.05) is 24.9 Å². The predicted octanol–water partition coefficient (Wildman–Crippen LogP) is 1.95. The number of hydrogen-bond donors (Lipinski definition) is 2. The van der Waals surface area contributed by atoms with Gasteiger partial charge in [0.1, 0.15) is 5.75 Å². The Kier molecular flexibility index (Phi) is 8.81. The van der Waals surface area contributed by atoms with E-state index in [4.69, 9.17) is 15.0 Å². The molecule has 0 spiro atoms. The average Bonchev–Trinajstić information content (AvgIpc) is 3.03. The summed E-state index contributed by atoms with van der Waals surface area (Å²) in [5.74, 6) is 1.71. The Balaban J connectivity index is 0.00000288. The zero-order valence-corrected chi connectivity index (χ0v) is 14.5. The van der Waals surface area contributed by atoms with Crippen LogP contribution in [-0.4, -0.2) is 35.7 Å². The zero-order chi connectivity index (χ0) is 16.5. The number of benzene rings is 1. The van der Waals surface area contributed by atoms with E-state index in [9.17, 15) is 4.79 Å². The molecule has 0 fully saturated rings. The predicted molar refractivity (Wildman–Crippen MR) is 93.2 cm³/mol. The first-order valence-corrected chi connectivity index (χ1v) is 7.75. The first-order valence-electron chi connectivity index (χ1n) is 7.75. The fraction of sp³-hybridized carbons (Fsp3) is 0.438. The quantitative estimate of drug-likeness (QED) is 0.667. The lowest BCUT2D eigenvalue weighted by Crippen LogP contribution is -2.26. The van der Waals surface area contributed by atoms with E-state index < -0.39 is 0 Å². The van der Waals surface area contributed by atoms with Gasteiger partial charge in [-0.25, -0.2) is 0 Å². The lowest BCUT2D eigenvalue weighted by atomic mass is 10.2. The number of carbonyl (C=O) groups excluding carboxylic acids is 1. The minimum absolute atomic E-state index is 0. The normalized spacial score (nSPS) is 10.1. The highest BCUT2D eigenvalue weighted by atomic mass is 35.5. The van der Waals surface area contributed by atoms with Gasteiger partial charge in [0.05, 0.1) is 6.61 Å². The van der Waals surface area contributed by atoms with E-state index in [0.717, 1.165) is 17.7 Å². The molecule has 132 valence electrons. The Labute approximate surface area is 147 Å². The molecule has 0 aliphatic carbocycles. The van der Waals surface area contributed by atoms with Crippen molar-refractivity contribution in [2.45, 2.75) is 26.2 Å². The fourth-order valence-electron chi connectivity index (χ4n) is 1.98. The van der Waals surface area contributed by atoms with Crippen molar-refractivity contribution in [3.8, 4) is 17.1 Å². The third-order valence-corrected chi connectivity index (χ3v) is 3.16. The summed E-state index contributed by atoms with van der Waals surface area (Å²) in [7, 11) is 0. The van der Waals surface area contributed by atoms with Crippen molar-refractivity contribution in [2.24, 2.45) is 5.73 Å². The molecule has 1 heterocycles. The summed E-state index contributed by atoms with van der Waals surface area (Å²) >= 11 is 0. The van der Waals surface area contributed by atoms with Crippen LogP contribution in [0.1, 0.15) is 25.7 Å². The number of halogens is 1. The van der Waals surface area contributed by atoms with Crippen molar-refractivity contribution >= 4 is 18.3 Å². The number of aromatic nitrogens is 2. The van der Waals surface area contributed by atoms with Gasteiger partial charge in [-0.15, -0.1) is 12.4 Å². The van der Waals surface area contributed by atoms with Gasteiger partial charge in [0.2, 0.25) is 17.6 Å². The monoisotopic (exact) mass is 354 g/mol. The van der Waals surface area contributed by atoms with Crippen molar-refractivity contribution in [3.63, 3.8) is 0 Å². The van der Waals surface area contributed by atoms with Crippen LogP contribution in [0, 0.1) is 0 Å². The van der Waals surface area contributed by atoms with Crippen LogP contribution in [0.25, 0.3) is 11.4 Å². The van der Waals surface area contributed by atoms with Crippen molar-refractivity contribution in [1.29, 1.82) is 0 Å². The average molecular weight is 355 g/mol. The van der Waals surface area contributed by atoms with Crippen LogP contribution in [0.3, 0.4) is 0 Å². The zero-order valence-electron chi connectivity index (χ0n) is 13.7. The highest BCUT2D eigenvalue weighted by Crippen LogP contribution is 2.20. The van der Waals surface area contributed by atoms with E-state index in [1.54, 1.807) is 0 Å². The van der Waals surface area contributed by atoms with E-state index in [1.807, 2.05) is 31.2 Å². The molecule has 3 N–H and O–H groups in total. The molecule has 8 heteroatoms. The number of rotatable bonds is 9. The number of aryl methyl sites for hydroxylation is 1. The Morgan fingerprint density at radius 1 is 1.33 bits per heavy atom. The molecular formula is C16H23ClN4O3. The first kappa shape index (κ1) is 19.9. The number of hydrogen-bond acceptors (Lipinski definition) is 6. The summed E-state index contributed by atoms with van der Waals surface area (Å²) in [5.41, 5.74) is 6.21. The Morgan fingerprint density at radius 3 is 2.75 bits per heavy atom. The molecule has 0 unspecified atom stereocenters. The standard InChI is InChI=1S/C16H22N4O3.ClH/c1-2-22-13-6-4-12(5-7-13)16-19-15(23-20-16)9-8-14(21)18-11-3-10-17;/h4-7H,2-3,8-11,17H2,1H3,(H,18,21);1H. The van der Waals surface area contributed by atoms with Gasteiger partial charge in [-0.3, -0.25) is 4.79 Å². The maximum Gasteiger partial charge on any atom is 0.227 e. The van der Waals surface area contributed by atoms with Crippen LogP contribution in [0.4, 0.5) is 0 Å². The Morgan fingerprint density at radius 2 is 2.08 bits per heavy atom. The minimum atomic E-state index is -0.0423. The summed E-state index contributed by atoms with van der Waals surface area (Å²) < 4.78 is 10.6. The Hall–Kier alpha value is -2.12. The van der Waals surface area contributed by atoms with Gasteiger partial charge < -0.3 is 20.3 Å². The van der Waals surface area contributed by atoms with Crippen LogP contribution >= 0.6 is 12.4 Å². The molecular weight excluding hydrogens is 332 g/mol. The maximum atomic E-state index is 11.6. The van der Waals surface area contributed by atoms with Gasteiger partial charge in [-0.1, -0.05) is 5.16 Å². The van der Waals surface area contributed by atoms with Crippen molar-refractivity contribution < 1.29 is 14.1 Å². The number of nitrogens with zero attached hydrogens (tertiary/aromatic N) is 2. The molecule has 2 aromatic rings. The molecule has 1 aromatic carbocycles. The largest absolute Gasteiger partial charge is 0.494 e. The number of nitrogens with two attached hydrogens (primary N) is 1. The topological polar surface area (TPSA) is 103 Å². The van der Waals surface area contributed by atoms with Crippen LogP contribution in [0.15, 0.2) is 28.8 Å².